The van der Waals surface area contributed by atoms with Gasteiger partial charge in [-0.15, -0.1) is 0 Å². The number of hydrogen-bond acceptors (Lipinski definition) is 3. The van der Waals surface area contributed by atoms with Crippen molar-refractivity contribution in [2.45, 2.75) is 25.6 Å². The molecule has 0 radical (unpaired) electrons. The lowest BCUT2D eigenvalue weighted by Crippen LogP contribution is -2.24. The number of hydrogen-bond donors (Lipinski definition) is 2. The summed E-state index contributed by atoms with van der Waals surface area (Å²) in [6, 6.07) is 1.67. The largest absolute Gasteiger partial charge is 0.476 e. The molecule has 8 heteroatoms. The molecule has 0 aromatic carbocycles. The molecule has 1 heterocycles. The zero-order chi connectivity index (χ0) is 13.9. The van der Waals surface area contributed by atoms with Crippen LogP contribution in [-0.2, 0) is 0 Å². The van der Waals surface area contributed by atoms with E-state index in [4.69, 9.17) is 16.7 Å². The lowest BCUT2D eigenvalue weighted by molar-refractivity contribution is -0.136. The van der Waals surface area contributed by atoms with E-state index in [9.17, 15) is 18.0 Å². The number of nitrogens with zero attached hydrogens (tertiary/aromatic N) is 1. The van der Waals surface area contributed by atoms with Crippen molar-refractivity contribution < 1.29 is 23.1 Å². The zero-order valence-electron chi connectivity index (χ0n) is 9.25. The molecule has 0 fully saturated rings. The average molecular weight is 283 g/mol. The first-order valence-electron chi connectivity index (χ1n) is 4.92. The summed E-state index contributed by atoms with van der Waals surface area (Å²) in [4.78, 5) is 14.4. The fourth-order valence-electron chi connectivity index (χ4n) is 1.32. The first-order chi connectivity index (χ1) is 8.19. The van der Waals surface area contributed by atoms with Gasteiger partial charge in [-0.1, -0.05) is 11.6 Å². The number of pyridine rings is 1. The summed E-state index contributed by atoms with van der Waals surface area (Å²) in [7, 11) is 0. The van der Waals surface area contributed by atoms with Gasteiger partial charge in [0.15, 0.2) is 5.69 Å². The Morgan fingerprint density at radius 1 is 1.56 bits per heavy atom. The van der Waals surface area contributed by atoms with Crippen molar-refractivity contribution in [3.63, 3.8) is 0 Å². The lowest BCUT2D eigenvalue weighted by Gasteiger charge is -2.16. The van der Waals surface area contributed by atoms with Crippen LogP contribution in [0.1, 0.15) is 23.8 Å². The van der Waals surface area contributed by atoms with Crippen molar-refractivity contribution in [2.24, 2.45) is 0 Å². The second-order valence-corrected chi connectivity index (χ2v) is 4.10. The molecule has 1 unspecified atom stereocenters. The van der Waals surface area contributed by atoms with E-state index in [2.05, 4.69) is 10.3 Å². The summed E-state index contributed by atoms with van der Waals surface area (Å²) in [5.74, 6) is -1.30. The van der Waals surface area contributed by atoms with Crippen LogP contribution in [0.15, 0.2) is 12.1 Å². The molecule has 0 spiro atoms. The monoisotopic (exact) mass is 282 g/mol. The molecular weight excluding hydrogens is 273 g/mol. The first kappa shape index (κ1) is 14.6. The van der Waals surface area contributed by atoms with Crippen molar-refractivity contribution >= 4 is 23.4 Å². The van der Waals surface area contributed by atoms with Crippen LogP contribution in [-0.4, -0.2) is 28.3 Å². The quantitative estimate of drug-likeness (QED) is 0.890. The summed E-state index contributed by atoms with van der Waals surface area (Å²) in [5.41, 5.74) is -0.402. The van der Waals surface area contributed by atoms with Crippen LogP contribution in [0.4, 0.5) is 19.0 Å². The molecule has 0 aliphatic heterocycles. The minimum atomic E-state index is -4.30. The summed E-state index contributed by atoms with van der Waals surface area (Å²) in [6.45, 7) is 1.32. The second kappa shape index (κ2) is 5.43. The van der Waals surface area contributed by atoms with Crippen LogP contribution in [0.2, 0.25) is 5.02 Å². The molecule has 0 aliphatic carbocycles. The normalized spacial score (nSPS) is 13.2. The molecule has 0 saturated heterocycles. The van der Waals surface area contributed by atoms with Gasteiger partial charge in [0, 0.05) is 6.04 Å². The maximum atomic E-state index is 12.1. The molecule has 1 atom stereocenters. The Kier molecular flexibility index (Phi) is 4.39. The average Bonchev–Trinajstić information content (AvgIpc) is 2.17. The third kappa shape index (κ3) is 4.40. The maximum Gasteiger partial charge on any atom is 0.391 e. The highest BCUT2D eigenvalue weighted by Gasteiger charge is 2.30. The van der Waals surface area contributed by atoms with Gasteiger partial charge in [-0.05, 0) is 19.1 Å². The smallest absolute Gasteiger partial charge is 0.391 e. The number of carbonyl (C=O) groups is 1. The van der Waals surface area contributed by atoms with Gasteiger partial charge in [-0.2, -0.15) is 13.2 Å². The van der Waals surface area contributed by atoms with Gasteiger partial charge in [0.2, 0.25) is 0 Å². The van der Waals surface area contributed by atoms with E-state index in [1.54, 1.807) is 0 Å². The van der Waals surface area contributed by atoms with E-state index in [0.29, 0.717) is 0 Å². The summed E-state index contributed by atoms with van der Waals surface area (Å²) in [6.07, 6.45) is -5.34. The van der Waals surface area contributed by atoms with Gasteiger partial charge < -0.3 is 10.4 Å². The fraction of sp³-hybridized carbons (Fsp3) is 0.400. The predicted octanol–water partition coefficient (Wildman–Crippen LogP) is 3.19. The molecule has 1 aromatic rings. The standard InChI is InChI=1S/C10H10ClF3N2O2/c1-5(4-10(12,13)14)15-7-3-2-6(11)8(16-7)9(17)18/h2-3,5H,4H2,1H3,(H,15,16)(H,17,18). The number of carboxylic acids is 1. The summed E-state index contributed by atoms with van der Waals surface area (Å²) >= 11 is 5.58. The molecule has 100 valence electrons. The van der Waals surface area contributed by atoms with Gasteiger partial charge in [0.05, 0.1) is 11.4 Å². The van der Waals surface area contributed by atoms with E-state index in [0.717, 1.165) is 0 Å². The van der Waals surface area contributed by atoms with Crippen molar-refractivity contribution in [1.82, 2.24) is 4.98 Å². The number of rotatable bonds is 4. The van der Waals surface area contributed by atoms with Crippen LogP contribution in [0.5, 0.6) is 0 Å². The van der Waals surface area contributed by atoms with Crippen LogP contribution in [0, 0.1) is 0 Å². The highest BCUT2D eigenvalue weighted by molar-refractivity contribution is 6.33. The molecular formula is C10H10ClF3N2O2. The van der Waals surface area contributed by atoms with Crippen LogP contribution in [0.25, 0.3) is 0 Å². The van der Waals surface area contributed by atoms with Crippen LogP contribution in [0.3, 0.4) is 0 Å². The highest BCUT2D eigenvalue weighted by Crippen LogP contribution is 2.23. The third-order valence-electron chi connectivity index (χ3n) is 1.98. The summed E-state index contributed by atoms with van der Waals surface area (Å²) < 4.78 is 36.3. The Labute approximate surface area is 106 Å². The molecule has 2 N–H and O–H groups in total. The van der Waals surface area contributed by atoms with Gasteiger partial charge in [-0.3, -0.25) is 0 Å². The van der Waals surface area contributed by atoms with Crippen LogP contribution >= 0.6 is 11.6 Å². The fourth-order valence-corrected chi connectivity index (χ4v) is 1.51. The van der Waals surface area contributed by atoms with Gasteiger partial charge in [-0.25, -0.2) is 9.78 Å². The number of halogens is 4. The Morgan fingerprint density at radius 2 is 2.17 bits per heavy atom. The van der Waals surface area contributed by atoms with Crippen molar-refractivity contribution in [3.05, 3.63) is 22.8 Å². The zero-order valence-corrected chi connectivity index (χ0v) is 10.0. The SMILES string of the molecule is CC(CC(F)(F)F)Nc1ccc(Cl)c(C(=O)O)n1. The third-order valence-corrected chi connectivity index (χ3v) is 2.29. The molecule has 1 rings (SSSR count). The molecule has 0 aliphatic rings. The molecule has 18 heavy (non-hydrogen) atoms. The number of carboxylic acid groups (broad SMARTS) is 1. The van der Waals surface area contributed by atoms with E-state index >= 15 is 0 Å². The predicted molar refractivity (Wildman–Crippen MR) is 60.0 cm³/mol. The molecule has 1 aromatic heterocycles. The first-order valence-corrected chi connectivity index (χ1v) is 5.30. The van der Waals surface area contributed by atoms with Gasteiger partial charge >= 0.3 is 12.1 Å². The van der Waals surface area contributed by atoms with Gasteiger partial charge in [0.1, 0.15) is 5.82 Å². The molecule has 0 amide bonds. The van der Waals surface area contributed by atoms with E-state index < -0.39 is 30.3 Å². The molecule has 0 saturated carbocycles. The minimum absolute atomic E-state index is 0.0357. The van der Waals surface area contributed by atoms with Crippen LogP contribution < -0.4 is 5.32 Å². The molecule has 4 nitrogen and oxygen atoms in total. The second-order valence-electron chi connectivity index (χ2n) is 3.70. The van der Waals surface area contributed by atoms with E-state index in [1.165, 1.54) is 19.1 Å². The molecule has 0 bridgehead atoms. The highest BCUT2D eigenvalue weighted by atomic mass is 35.5. The number of nitrogens with one attached hydrogen (secondary N) is 1. The Balaban J connectivity index is 2.80. The Hall–Kier alpha value is -1.50. The number of alkyl halides is 3. The number of aromatic carboxylic acids is 1. The maximum absolute atomic E-state index is 12.1. The van der Waals surface area contributed by atoms with Crippen molar-refractivity contribution in [2.75, 3.05) is 5.32 Å². The van der Waals surface area contributed by atoms with Crippen molar-refractivity contribution in [3.8, 4) is 0 Å². The van der Waals surface area contributed by atoms with Crippen molar-refractivity contribution in [1.29, 1.82) is 0 Å². The van der Waals surface area contributed by atoms with E-state index in [1.807, 2.05) is 0 Å². The Morgan fingerprint density at radius 3 is 2.67 bits per heavy atom. The van der Waals surface area contributed by atoms with Gasteiger partial charge in [0.25, 0.3) is 0 Å². The topological polar surface area (TPSA) is 62.2 Å². The number of anilines is 1. The lowest BCUT2D eigenvalue weighted by atomic mass is 10.2. The van der Waals surface area contributed by atoms with E-state index in [-0.39, 0.29) is 10.8 Å². The Bertz CT molecular complexity index is 451. The minimum Gasteiger partial charge on any atom is -0.476 e. The summed E-state index contributed by atoms with van der Waals surface area (Å²) in [5, 5.41) is 11.2. The number of aromatic nitrogens is 1.